The minimum absolute atomic E-state index is 0.192. The molecule has 2 rings (SSSR count). The number of hydrogen-bond acceptors (Lipinski definition) is 2. The second-order valence-corrected chi connectivity index (χ2v) is 6.54. The van der Waals surface area contributed by atoms with Gasteiger partial charge < -0.3 is 10.0 Å². The molecule has 1 aromatic rings. The SMILES string of the molecule is C=CC1(O)C(=Cc2ccc(Cl)cc2)CCCC1CN(C)C. The second kappa shape index (κ2) is 6.78. The van der Waals surface area contributed by atoms with E-state index in [1.54, 1.807) is 6.08 Å². The van der Waals surface area contributed by atoms with Crippen molar-refractivity contribution in [1.82, 2.24) is 4.90 Å². The molecule has 0 amide bonds. The number of rotatable bonds is 4. The highest BCUT2D eigenvalue weighted by Gasteiger charge is 2.40. The van der Waals surface area contributed by atoms with Crippen LogP contribution in [0.5, 0.6) is 0 Å². The van der Waals surface area contributed by atoms with E-state index in [0.29, 0.717) is 0 Å². The van der Waals surface area contributed by atoms with Crippen molar-refractivity contribution in [2.24, 2.45) is 5.92 Å². The first-order valence-corrected chi connectivity index (χ1v) is 7.81. The fourth-order valence-corrected chi connectivity index (χ4v) is 3.26. The van der Waals surface area contributed by atoms with Crippen molar-refractivity contribution in [3.8, 4) is 0 Å². The van der Waals surface area contributed by atoms with E-state index < -0.39 is 5.60 Å². The minimum Gasteiger partial charge on any atom is -0.381 e. The molecule has 0 bridgehead atoms. The first kappa shape index (κ1) is 16.3. The van der Waals surface area contributed by atoms with Crippen LogP contribution in [0.4, 0.5) is 0 Å². The molecule has 2 atom stereocenters. The van der Waals surface area contributed by atoms with E-state index in [1.807, 2.05) is 38.4 Å². The van der Waals surface area contributed by atoms with Crippen LogP contribution in [-0.2, 0) is 0 Å². The maximum Gasteiger partial charge on any atom is 0.108 e. The summed E-state index contributed by atoms with van der Waals surface area (Å²) in [5.74, 6) is 0.192. The van der Waals surface area contributed by atoms with Crippen molar-refractivity contribution >= 4 is 17.7 Å². The van der Waals surface area contributed by atoms with Crippen LogP contribution < -0.4 is 0 Å². The van der Waals surface area contributed by atoms with E-state index >= 15 is 0 Å². The topological polar surface area (TPSA) is 23.5 Å². The minimum atomic E-state index is -0.915. The molecule has 1 aromatic carbocycles. The lowest BCUT2D eigenvalue weighted by Crippen LogP contribution is -2.45. The molecular weight excluding hydrogens is 282 g/mol. The van der Waals surface area contributed by atoms with Crippen molar-refractivity contribution < 1.29 is 5.11 Å². The highest BCUT2D eigenvalue weighted by molar-refractivity contribution is 6.30. The summed E-state index contributed by atoms with van der Waals surface area (Å²) in [5, 5.41) is 11.9. The van der Waals surface area contributed by atoms with Crippen molar-refractivity contribution in [2.75, 3.05) is 20.6 Å². The molecule has 1 saturated carbocycles. The molecule has 21 heavy (non-hydrogen) atoms. The summed E-state index contributed by atoms with van der Waals surface area (Å²) in [4.78, 5) is 2.13. The molecule has 1 N–H and O–H groups in total. The van der Waals surface area contributed by atoms with E-state index in [4.69, 9.17) is 11.6 Å². The highest BCUT2D eigenvalue weighted by atomic mass is 35.5. The van der Waals surface area contributed by atoms with Crippen LogP contribution in [-0.4, -0.2) is 36.2 Å². The van der Waals surface area contributed by atoms with Gasteiger partial charge in [-0.25, -0.2) is 0 Å². The van der Waals surface area contributed by atoms with E-state index in [2.05, 4.69) is 17.6 Å². The molecule has 1 aliphatic carbocycles. The Morgan fingerprint density at radius 2 is 2.05 bits per heavy atom. The number of halogens is 1. The van der Waals surface area contributed by atoms with Crippen LogP contribution in [0.25, 0.3) is 6.08 Å². The van der Waals surface area contributed by atoms with Gasteiger partial charge in [-0.2, -0.15) is 0 Å². The maximum absolute atomic E-state index is 11.1. The Kier molecular flexibility index (Phi) is 5.26. The molecule has 0 saturated heterocycles. The van der Waals surface area contributed by atoms with Gasteiger partial charge in [0.1, 0.15) is 5.60 Å². The molecule has 114 valence electrons. The molecule has 2 unspecified atom stereocenters. The monoisotopic (exact) mass is 305 g/mol. The van der Waals surface area contributed by atoms with E-state index in [0.717, 1.165) is 42.0 Å². The molecule has 0 spiro atoms. The van der Waals surface area contributed by atoms with Gasteiger partial charge in [0.05, 0.1) is 0 Å². The van der Waals surface area contributed by atoms with Crippen molar-refractivity contribution in [3.05, 3.63) is 53.1 Å². The van der Waals surface area contributed by atoms with Crippen LogP contribution in [0.15, 0.2) is 42.5 Å². The van der Waals surface area contributed by atoms with Gasteiger partial charge in [-0.05, 0) is 56.6 Å². The Bertz CT molecular complexity index is 521. The number of benzene rings is 1. The Labute approximate surface area is 132 Å². The summed E-state index contributed by atoms with van der Waals surface area (Å²) < 4.78 is 0. The Hall–Kier alpha value is -1.09. The average Bonchev–Trinajstić information content (AvgIpc) is 2.45. The molecule has 0 aliphatic heterocycles. The molecule has 3 heteroatoms. The summed E-state index contributed by atoms with van der Waals surface area (Å²) in [6.45, 7) is 4.75. The van der Waals surface area contributed by atoms with Crippen LogP contribution in [0.2, 0.25) is 5.02 Å². The van der Waals surface area contributed by atoms with E-state index in [1.165, 1.54) is 0 Å². The standard InChI is InChI=1S/C18H24ClNO/c1-4-18(21)15(6-5-7-16(18)13-20(2)3)12-14-8-10-17(19)11-9-14/h4,8-12,16,21H,1,5-7,13H2,2-3H3. The van der Waals surface area contributed by atoms with Crippen molar-refractivity contribution in [1.29, 1.82) is 0 Å². The van der Waals surface area contributed by atoms with Gasteiger partial charge >= 0.3 is 0 Å². The summed E-state index contributed by atoms with van der Waals surface area (Å²) >= 11 is 5.93. The smallest absolute Gasteiger partial charge is 0.108 e. The molecule has 1 aliphatic rings. The molecule has 2 nitrogen and oxygen atoms in total. The lowest BCUT2D eigenvalue weighted by Gasteiger charge is -2.41. The van der Waals surface area contributed by atoms with E-state index in [9.17, 15) is 5.11 Å². The summed E-state index contributed by atoms with van der Waals surface area (Å²) in [6.07, 6.45) is 6.84. The second-order valence-electron chi connectivity index (χ2n) is 6.10. The Morgan fingerprint density at radius 3 is 2.62 bits per heavy atom. The van der Waals surface area contributed by atoms with E-state index in [-0.39, 0.29) is 5.92 Å². The lowest BCUT2D eigenvalue weighted by molar-refractivity contribution is 0.0292. The van der Waals surface area contributed by atoms with Crippen molar-refractivity contribution in [2.45, 2.75) is 24.9 Å². The maximum atomic E-state index is 11.1. The number of nitrogens with zero attached hydrogens (tertiary/aromatic N) is 1. The highest BCUT2D eigenvalue weighted by Crippen LogP contribution is 2.40. The summed E-state index contributed by atoms with van der Waals surface area (Å²) in [7, 11) is 4.08. The van der Waals surface area contributed by atoms with Gasteiger partial charge in [0.15, 0.2) is 0 Å². The lowest BCUT2D eigenvalue weighted by atomic mass is 9.71. The van der Waals surface area contributed by atoms with Crippen molar-refractivity contribution in [3.63, 3.8) is 0 Å². The molecule has 1 fully saturated rings. The zero-order valence-corrected chi connectivity index (χ0v) is 13.6. The molecule has 0 radical (unpaired) electrons. The zero-order valence-electron chi connectivity index (χ0n) is 12.8. The third-order valence-corrected chi connectivity index (χ3v) is 4.50. The van der Waals surface area contributed by atoms with Crippen LogP contribution in [0.1, 0.15) is 24.8 Å². The Balaban J connectivity index is 2.32. The normalized spacial score (nSPS) is 28.0. The number of aliphatic hydroxyl groups is 1. The molecule has 0 aromatic heterocycles. The molecular formula is C18H24ClNO. The van der Waals surface area contributed by atoms with Crippen LogP contribution >= 0.6 is 11.6 Å². The zero-order chi connectivity index (χ0) is 15.5. The van der Waals surface area contributed by atoms with Gasteiger partial charge in [0.2, 0.25) is 0 Å². The molecule has 0 heterocycles. The Morgan fingerprint density at radius 1 is 1.38 bits per heavy atom. The first-order valence-electron chi connectivity index (χ1n) is 7.43. The van der Waals surface area contributed by atoms with Gasteiger partial charge in [-0.3, -0.25) is 0 Å². The van der Waals surface area contributed by atoms with Gasteiger partial charge in [-0.1, -0.05) is 42.5 Å². The number of hydrogen-bond donors (Lipinski definition) is 1. The summed E-state index contributed by atoms with van der Waals surface area (Å²) in [6, 6.07) is 7.71. The van der Waals surface area contributed by atoms with Gasteiger partial charge in [0, 0.05) is 17.5 Å². The van der Waals surface area contributed by atoms with Crippen LogP contribution in [0, 0.1) is 5.92 Å². The van der Waals surface area contributed by atoms with Gasteiger partial charge in [-0.15, -0.1) is 0 Å². The fourth-order valence-electron chi connectivity index (χ4n) is 3.14. The predicted octanol–water partition coefficient (Wildman–Crippen LogP) is 4.00. The fraction of sp³-hybridized carbons (Fsp3) is 0.444. The predicted molar refractivity (Wildman–Crippen MR) is 90.5 cm³/mol. The average molecular weight is 306 g/mol. The first-order chi connectivity index (χ1) is 9.95. The summed E-state index contributed by atoms with van der Waals surface area (Å²) in [5.41, 5.74) is 1.21. The quantitative estimate of drug-likeness (QED) is 0.850. The van der Waals surface area contributed by atoms with Crippen LogP contribution in [0.3, 0.4) is 0 Å². The third-order valence-electron chi connectivity index (χ3n) is 4.24. The third kappa shape index (κ3) is 3.76. The van der Waals surface area contributed by atoms with Gasteiger partial charge in [0.25, 0.3) is 0 Å². The largest absolute Gasteiger partial charge is 0.381 e.